The molecule has 0 aliphatic heterocycles. The molecule has 2 aromatic carbocycles. The Morgan fingerprint density at radius 1 is 0.541 bits per heavy atom. The fourth-order valence-corrected chi connectivity index (χ4v) is 2.77. The second-order valence-electron chi connectivity index (χ2n) is 6.64. The van der Waals surface area contributed by atoms with Crippen molar-refractivity contribution in [1.29, 1.82) is 0 Å². The number of hydrogen-bond donors (Lipinski definition) is 0. The van der Waals surface area contributed by atoms with Crippen LogP contribution >= 0.6 is 23.2 Å². The predicted octanol–water partition coefficient (Wildman–Crippen LogP) is 8.84. The van der Waals surface area contributed by atoms with E-state index in [0.29, 0.717) is 12.1 Å². The van der Waals surface area contributed by atoms with E-state index < -0.39 is 81.1 Å². The van der Waals surface area contributed by atoms with E-state index in [-0.39, 0.29) is 5.56 Å². The lowest BCUT2D eigenvalue weighted by Gasteiger charge is -2.19. The molecule has 0 radical (unpaired) electrons. The molecule has 0 atom stereocenters. The van der Waals surface area contributed by atoms with Crippen LogP contribution in [0.1, 0.15) is 43.0 Å². The maximum absolute atomic E-state index is 12.8. The van der Waals surface area contributed by atoms with Crippen LogP contribution in [-0.2, 0) is 24.5 Å². The van der Waals surface area contributed by atoms with Gasteiger partial charge in [0.05, 0.1) is 22.3 Å². The van der Waals surface area contributed by atoms with Gasteiger partial charge in [0.1, 0.15) is 0 Å². The monoisotopic (exact) mass is 602 g/mol. The third kappa shape index (κ3) is 7.93. The Labute approximate surface area is 205 Å². The lowest BCUT2D eigenvalue weighted by atomic mass is 9.97. The largest absolute Gasteiger partial charge is 0.458 e. The van der Waals surface area contributed by atoms with E-state index in [4.69, 9.17) is 11.6 Å². The highest BCUT2D eigenvalue weighted by atomic mass is 35.5. The summed E-state index contributed by atoms with van der Waals surface area (Å²) < 4.78 is 174. The molecule has 37 heavy (non-hydrogen) atoms. The van der Waals surface area contributed by atoms with Gasteiger partial charge in [0.2, 0.25) is 0 Å². The van der Waals surface area contributed by atoms with Crippen LogP contribution in [0.15, 0.2) is 36.4 Å². The quantitative estimate of drug-likeness (QED) is 0.260. The van der Waals surface area contributed by atoms with Crippen molar-refractivity contribution in [3.8, 4) is 0 Å². The lowest BCUT2D eigenvalue weighted by Crippen LogP contribution is -2.33. The minimum atomic E-state index is -5.67. The van der Waals surface area contributed by atoms with E-state index in [2.05, 4.69) is 11.6 Å². The van der Waals surface area contributed by atoms with Gasteiger partial charge in [0.25, 0.3) is 10.5 Å². The van der Waals surface area contributed by atoms with E-state index in [1.165, 1.54) is 0 Å². The Morgan fingerprint density at radius 2 is 0.919 bits per heavy atom. The zero-order chi connectivity index (χ0) is 29.4. The van der Waals surface area contributed by atoms with Gasteiger partial charge >= 0.3 is 30.6 Å². The minimum absolute atomic E-state index is 0.150. The molecule has 2 nitrogen and oxygen atoms in total. The van der Waals surface area contributed by atoms with Gasteiger partial charge < -0.3 is 0 Å². The fraction of sp³-hybridized carbons (Fsp3) is 0.263. The molecular formula is C19H6Cl2F14O2. The van der Waals surface area contributed by atoms with E-state index in [9.17, 15) is 71.1 Å². The minimum Gasteiger partial charge on any atom is -0.276 e. The summed E-state index contributed by atoms with van der Waals surface area (Å²) in [4.78, 5) is 21.4. The van der Waals surface area contributed by atoms with Crippen molar-refractivity contribution >= 4 is 33.7 Å². The Hall–Kier alpha value is -2.62. The Morgan fingerprint density at radius 3 is 1.16 bits per heavy atom. The SMILES string of the molecule is O=C(Cl)c1c(C(F)(F)F)cc(C(F)(F)F)cc1C(F)(F)F.O=C(Cl)c1ccc(C(F)(F)C(F)(F)F)cc1. The highest BCUT2D eigenvalue weighted by Gasteiger charge is 2.58. The van der Waals surface area contributed by atoms with Gasteiger partial charge in [-0.05, 0) is 47.5 Å². The molecule has 0 heterocycles. The van der Waals surface area contributed by atoms with Crippen LogP contribution in [0.4, 0.5) is 61.5 Å². The van der Waals surface area contributed by atoms with Crippen LogP contribution in [0.3, 0.4) is 0 Å². The summed E-state index contributed by atoms with van der Waals surface area (Å²) in [6, 6.07) is 1.47. The van der Waals surface area contributed by atoms with Gasteiger partial charge in [-0.15, -0.1) is 0 Å². The lowest BCUT2D eigenvalue weighted by molar-refractivity contribution is -0.289. The first-order chi connectivity index (χ1) is 16.3. The van der Waals surface area contributed by atoms with E-state index in [0.717, 1.165) is 12.1 Å². The third-order valence-corrected chi connectivity index (χ3v) is 4.51. The Kier molecular flexibility index (Phi) is 9.31. The van der Waals surface area contributed by atoms with Crippen molar-refractivity contribution in [1.82, 2.24) is 0 Å². The summed E-state index contributed by atoms with van der Waals surface area (Å²) in [7, 11) is 0. The van der Waals surface area contributed by atoms with Crippen LogP contribution in [0.25, 0.3) is 0 Å². The molecule has 2 aromatic rings. The van der Waals surface area contributed by atoms with Gasteiger partial charge in [0, 0.05) is 11.1 Å². The van der Waals surface area contributed by atoms with Crippen molar-refractivity contribution in [2.24, 2.45) is 0 Å². The topological polar surface area (TPSA) is 34.1 Å². The van der Waals surface area contributed by atoms with E-state index in [1.54, 1.807) is 0 Å². The van der Waals surface area contributed by atoms with Gasteiger partial charge in [-0.1, -0.05) is 12.1 Å². The van der Waals surface area contributed by atoms with Gasteiger partial charge in [-0.25, -0.2) is 0 Å². The second-order valence-corrected chi connectivity index (χ2v) is 7.32. The molecular weight excluding hydrogens is 597 g/mol. The number of carbonyl (C=O) groups is 2. The first kappa shape index (κ1) is 32.4. The summed E-state index contributed by atoms with van der Waals surface area (Å²) >= 11 is 9.68. The number of rotatable bonds is 3. The number of halogens is 16. The molecule has 0 aromatic heterocycles. The number of benzene rings is 2. The van der Waals surface area contributed by atoms with Gasteiger partial charge in [-0.3, -0.25) is 9.59 Å². The second kappa shape index (κ2) is 10.6. The Bertz CT molecular complexity index is 1110. The van der Waals surface area contributed by atoms with Crippen LogP contribution < -0.4 is 0 Å². The first-order valence-electron chi connectivity index (χ1n) is 8.66. The molecule has 0 saturated carbocycles. The molecule has 0 aliphatic rings. The highest BCUT2D eigenvalue weighted by Crippen LogP contribution is 2.45. The van der Waals surface area contributed by atoms with Crippen LogP contribution in [0.5, 0.6) is 0 Å². The fourth-order valence-electron chi connectivity index (χ4n) is 2.44. The molecule has 0 fully saturated rings. The smallest absolute Gasteiger partial charge is 0.276 e. The summed E-state index contributed by atoms with van der Waals surface area (Å²) in [5, 5.41) is -3.09. The zero-order valence-corrected chi connectivity index (χ0v) is 18.3. The Balaban J connectivity index is 0.000000384. The van der Waals surface area contributed by atoms with Crippen molar-refractivity contribution in [3.63, 3.8) is 0 Å². The maximum Gasteiger partial charge on any atom is 0.458 e. The molecule has 0 unspecified atom stereocenters. The summed E-state index contributed by atoms with van der Waals surface area (Å²) in [5.41, 5.74) is -10.4. The van der Waals surface area contributed by atoms with Crippen molar-refractivity contribution in [2.75, 3.05) is 0 Å². The van der Waals surface area contributed by atoms with Gasteiger partial charge in [-0.2, -0.15) is 61.5 Å². The maximum atomic E-state index is 12.8. The zero-order valence-electron chi connectivity index (χ0n) is 16.8. The van der Waals surface area contributed by atoms with Crippen LogP contribution in [0.2, 0.25) is 0 Å². The van der Waals surface area contributed by atoms with Crippen LogP contribution in [0, 0.1) is 0 Å². The van der Waals surface area contributed by atoms with E-state index in [1.807, 2.05) is 0 Å². The molecule has 0 amide bonds. The summed E-state index contributed by atoms with van der Waals surface area (Å²) in [5.74, 6) is -4.94. The molecule has 18 heteroatoms. The number of carbonyl (C=O) groups excluding carboxylic acids is 2. The third-order valence-electron chi connectivity index (χ3n) is 4.10. The van der Waals surface area contributed by atoms with Crippen LogP contribution in [-0.4, -0.2) is 16.7 Å². The predicted molar refractivity (Wildman–Crippen MR) is 98.2 cm³/mol. The van der Waals surface area contributed by atoms with Crippen molar-refractivity contribution in [2.45, 2.75) is 30.6 Å². The molecule has 206 valence electrons. The summed E-state index contributed by atoms with van der Waals surface area (Å²) in [6.45, 7) is 0. The molecule has 0 spiro atoms. The number of alkyl halides is 14. The number of hydrogen-bond acceptors (Lipinski definition) is 2. The first-order valence-corrected chi connectivity index (χ1v) is 9.41. The normalized spacial score (nSPS) is 13.1. The average molecular weight is 603 g/mol. The van der Waals surface area contributed by atoms with Crippen molar-refractivity contribution in [3.05, 3.63) is 69.8 Å². The highest BCUT2D eigenvalue weighted by molar-refractivity contribution is 6.68. The summed E-state index contributed by atoms with van der Waals surface area (Å²) in [6.07, 6.45) is -22.4. The molecule has 0 aliphatic carbocycles. The molecule has 0 saturated heterocycles. The van der Waals surface area contributed by atoms with Crippen molar-refractivity contribution < 1.29 is 71.1 Å². The average Bonchev–Trinajstić information content (AvgIpc) is 2.70. The molecule has 0 bridgehead atoms. The molecule has 0 N–H and O–H groups in total. The van der Waals surface area contributed by atoms with E-state index >= 15 is 0 Å². The standard InChI is InChI=1S/C10H2ClF9O.C9H4ClF5O/c11-7(21)6-4(9(15,16)17)1-3(8(12,13)14)2-5(6)10(18,19)20;10-7(16)5-1-3-6(4-2-5)8(11,12)9(13,14)15/h1-2H;1-4H. The molecule has 2 rings (SSSR count). The van der Waals surface area contributed by atoms with Gasteiger partial charge in [0.15, 0.2) is 0 Å².